The third-order valence-electron chi connectivity index (χ3n) is 8.86. The normalized spacial score (nSPS) is 22.2. The molecule has 0 unspecified atom stereocenters. The van der Waals surface area contributed by atoms with Gasteiger partial charge in [0.15, 0.2) is 0 Å². The van der Waals surface area contributed by atoms with E-state index in [-0.39, 0.29) is 6.04 Å². The molecular weight excluding hydrogens is 486 g/mol. The van der Waals surface area contributed by atoms with E-state index in [0.717, 1.165) is 63.6 Å². The first-order valence-electron chi connectivity index (χ1n) is 14.3. The van der Waals surface area contributed by atoms with E-state index in [1.165, 1.54) is 34.0 Å². The maximum absolute atomic E-state index is 9.40. The molecule has 0 radical (unpaired) electrons. The van der Waals surface area contributed by atoms with Gasteiger partial charge in [-0.25, -0.2) is 0 Å². The fraction of sp³-hybridized carbons (Fsp3) is 0.516. The molecule has 0 spiro atoms. The van der Waals surface area contributed by atoms with Crippen molar-refractivity contribution in [2.24, 2.45) is 0 Å². The first kappa shape index (κ1) is 25.8. The molecule has 8 nitrogen and oxygen atoms in total. The van der Waals surface area contributed by atoms with Gasteiger partial charge in [-0.3, -0.25) is 4.90 Å². The lowest BCUT2D eigenvalue weighted by atomic mass is 10.0. The molecule has 3 aliphatic heterocycles. The molecule has 0 aliphatic carbocycles. The summed E-state index contributed by atoms with van der Waals surface area (Å²) in [6.07, 6.45) is 3.76. The van der Waals surface area contributed by atoms with Gasteiger partial charge in [0.1, 0.15) is 12.4 Å². The van der Waals surface area contributed by atoms with E-state index >= 15 is 0 Å². The molecule has 39 heavy (non-hydrogen) atoms. The van der Waals surface area contributed by atoms with Gasteiger partial charge in [-0.05, 0) is 64.3 Å². The van der Waals surface area contributed by atoms with Gasteiger partial charge in [0.05, 0.1) is 24.7 Å². The van der Waals surface area contributed by atoms with Gasteiger partial charge in [-0.1, -0.05) is 29.8 Å². The predicted molar refractivity (Wildman–Crippen MR) is 155 cm³/mol. The molecule has 8 heteroatoms. The van der Waals surface area contributed by atoms with Gasteiger partial charge in [0.25, 0.3) is 0 Å². The number of benzene rings is 2. The van der Waals surface area contributed by atoms with Crippen LogP contribution in [0.4, 0.5) is 11.5 Å². The number of aromatic nitrogens is 2. The van der Waals surface area contributed by atoms with Crippen molar-refractivity contribution in [1.29, 1.82) is 5.26 Å². The molecule has 6 rings (SSSR count). The number of anilines is 2. The standard InChI is InChI=1S/C31H39N7O/c1-22-9-10-23-6-4-8-29(27(23)18-22)37-15-12-26-28(20-37)33-31(39-21-25-7-5-14-35(25)2)34-30(26)38-17-16-36(3)24(19-38)11-13-32/h4,6,8-10,18,24-25H,5,7,11-12,14-17,19-21H2,1-3H3/t24-,25-/m0/s1. The van der Waals surface area contributed by atoms with Gasteiger partial charge in [0, 0.05) is 54.9 Å². The van der Waals surface area contributed by atoms with Crippen molar-refractivity contribution in [3.8, 4) is 12.1 Å². The van der Waals surface area contributed by atoms with Crippen LogP contribution < -0.4 is 14.5 Å². The fourth-order valence-corrected chi connectivity index (χ4v) is 6.39. The monoisotopic (exact) mass is 525 g/mol. The van der Waals surface area contributed by atoms with Crippen LogP contribution in [0, 0.1) is 18.3 Å². The SMILES string of the molecule is Cc1ccc2cccc(N3CCc4c(nc(OC[C@@H]5CCCN5C)nc4N4CCN(C)[C@@H](CC#N)C4)C3)c2c1. The van der Waals surface area contributed by atoms with Gasteiger partial charge in [0.2, 0.25) is 0 Å². The second-order valence-corrected chi connectivity index (χ2v) is 11.5. The number of nitrogens with zero attached hydrogens (tertiary/aromatic N) is 7. The molecule has 3 aliphatic rings. The van der Waals surface area contributed by atoms with E-state index in [1.807, 2.05) is 0 Å². The lowest BCUT2D eigenvalue weighted by Crippen LogP contribution is -2.52. The van der Waals surface area contributed by atoms with Crippen molar-refractivity contribution in [3.63, 3.8) is 0 Å². The third-order valence-corrected chi connectivity index (χ3v) is 8.86. The van der Waals surface area contributed by atoms with Crippen molar-refractivity contribution < 1.29 is 4.74 Å². The summed E-state index contributed by atoms with van der Waals surface area (Å²) in [6, 6.07) is 16.7. The Bertz CT molecular complexity index is 1390. The molecule has 0 N–H and O–H groups in total. The topological polar surface area (TPSA) is 71.8 Å². The number of nitriles is 1. The zero-order chi connectivity index (χ0) is 26.9. The van der Waals surface area contributed by atoms with E-state index in [1.54, 1.807) is 0 Å². The lowest BCUT2D eigenvalue weighted by Gasteiger charge is -2.41. The zero-order valence-corrected chi connectivity index (χ0v) is 23.4. The number of hydrogen-bond acceptors (Lipinski definition) is 8. The summed E-state index contributed by atoms with van der Waals surface area (Å²) >= 11 is 0. The van der Waals surface area contributed by atoms with Crippen molar-refractivity contribution in [1.82, 2.24) is 19.8 Å². The first-order chi connectivity index (χ1) is 19.0. The highest BCUT2D eigenvalue weighted by molar-refractivity contribution is 5.95. The second-order valence-electron chi connectivity index (χ2n) is 11.5. The summed E-state index contributed by atoms with van der Waals surface area (Å²) in [5.41, 5.74) is 4.81. The second kappa shape index (κ2) is 11.0. The molecule has 0 amide bonds. The van der Waals surface area contributed by atoms with Crippen LogP contribution in [-0.4, -0.2) is 85.3 Å². The minimum absolute atomic E-state index is 0.199. The lowest BCUT2D eigenvalue weighted by molar-refractivity contribution is 0.186. The first-order valence-corrected chi connectivity index (χ1v) is 14.3. The number of likely N-dealkylation sites (N-methyl/N-ethyl adjacent to an activating group) is 2. The highest BCUT2D eigenvalue weighted by atomic mass is 16.5. The largest absolute Gasteiger partial charge is 0.462 e. The smallest absolute Gasteiger partial charge is 0.318 e. The van der Waals surface area contributed by atoms with Crippen molar-refractivity contribution >= 4 is 22.3 Å². The minimum atomic E-state index is 0.199. The third kappa shape index (κ3) is 5.26. The maximum Gasteiger partial charge on any atom is 0.318 e. The van der Waals surface area contributed by atoms with Crippen LogP contribution in [-0.2, 0) is 13.0 Å². The number of hydrogen-bond donors (Lipinski definition) is 0. The number of fused-ring (bicyclic) bond motifs is 2. The summed E-state index contributed by atoms with van der Waals surface area (Å²) < 4.78 is 6.31. The molecule has 2 saturated heterocycles. The number of rotatable bonds is 6. The minimum Gasteiger partial charge on any atom is -0.462 e. The molecule has 4 heterocycles. The summed E-state index contributed by atoms with van der Waals surface area (Å²) in [7, 11) is 4.29. The van der Waals surface area contributed by atoms with Crippen LogP contribution in [0.5, 0.6) is 6.01 Å². The Morgan fingerprint density at radius 1 is 1.00 bits per heavy atom. The van der Waals surface area contributed by atoms with E-state index < -0.39 is 0 Å². The Labute approximate surface area is 231 Å². The highest BCUT2D eigenvalue weighted by Crippen LogP contribution is 2.35. The van der Waals surface area contributed by atoms with Crippen LogP contribution in [0.3, 0.4) is 0 Å². The molecule has 204 valence electrons. The molecule has 0 bridgehead atoms. The molecular formula is C31H39N7O. The molecule has 1 aromatic heterocycles. The van der Waals surface area contributed by atoms with Gasteiger partial charge < -0.3 is 19.4 Å². The van der Waals surface area contributed by atoms with Gasteiger partial charge in [-0.2, -0.15) is 15.2 Å². The average Bonchev–Trinajstić information content (AvgIpc) is 3.36. The Morgan fingerprint density at radius 2 is 1.87 bits per heavy atom. The van der Waals surface area contributed by atoms with E-state index in [0.29, 0.717) is 25.1 Å². The number of aryl methyl sites for hydroxylation is 1. The Morgan fingerprint density at radius 3 is 2.69 bits per heavy atom. The van der Waals surface area contributed by atoms with Crippen LogP contribution >= 0.6 is 0 Å². The number of likely N-dealkylation sites (tertiary alicyclic amines) is 1. The van der Waals surface area contributed by atoms with Crippen molar-refractivity contribution in [3.05, 3.63) is 53.2 Å². The number of piperazine rings is 1. The summed E-state index contributed by atoms with van der Waals surface area (Å²) in [5, 5.41) is 12.0. The van der Waals surface area contributed by atoms with Crippen LogP contribution in [0.15, 0.2) is 36.4 Å². The Balaban J connectivity index is 1.33. The Hall–Kier alpha value is -3.41. The molecule has 0 saturated carbocycles. The van der Waals surface area contributed by atoms with Crippen molar-refractivity contribution in [2.75, 3.05) is 63.2 Å². The summed E-state index contributed by atoms with van der Waals surface area (Å²) in [6.45, 7) is 8.12. The van der Waals surface area contributed by atoms with Crippen molar-refractivity contribution in [2.45, 2.75) is 51.2 Å². The summed E-state index contributed by atoms with van der Waals surface area (Å²) in [4.78, 5) is 19.5. The zero-order valence-electron chi connectivity index (χ0n) is 23.4. The fourth-order valence-electron chi connectivity index (χ4n) is 6.39. The quantitative estimate of drug-likeness (QED) is 0.478. The van der Waals surface area contributed by atoms with Gasteiger partial charge in [-0.15, -0.1) is 0 Å². The maximum atomic E-state index is 9.40. The molecule has 2 aromatic carbocycles. The van der Waals surface area contributed by atoms with E-state index in [4.69, 9.17) is 14.7 Å². The number of ether oxygens (including phenoxy) is 1. The molecule has 2 atom stereocenters. The Kier molecular flexibility index (Phi) is 7.28. The predicted octanol–water partition coefficient (Wildman–Crippen LogP) is 4.01. The van der Waals surface area contributed by atoms with E-state index in [2.05, 4.69) is 83.1 Å². The van der Waals surface area contributed by atoms with Gasteiger partial charge >= 0.3 is 6.01 Å². The average molecular weight is 526 g/mol. The van der Waals surface area contributed by atoms with E-state index in [9.17, 15) is 5.26 Å². The molecule has 2 fully saturated rings. The summed E-state index contributed by atoms with van der Waals surface area (Å²) in [5.74, 6) is 0.999. The highest BCUT2D eigenvalue weighted by Gasteiger charge is 2.31. The van der Waals surface area contributed by atoms with Crippen LogP contribution in [0.1, 0.15) is 36.1 Å². The molecule has 3 aromatic rings. The van der Waals surface area contributed by atoms with Crippen LogP contribution in [0.2, 0.25) is 0 Å². The van der Waals surface area contributed by atoms with Crippen LogP contribution in [0.25, 0.3) is 10.8 Å².